The summed E-state index contributed by atoms with van der Waals surface area (Å²) in [6, 6.07) is 0. The summed E-state index contributed by atoms with van der Waals surface area (Å²) in [5, 5.41) is 0. The zero-order valence-electron chi connectivity index (χ0n) is 5.01. The molecule has 1 aliphatic rings. The Bertz CT molecular complexity index is 259. The van der Waals surface area contributed by atoms with Gasteiger partial charge in [-0.05, 0) is 45.2 Å². The third-order valence-electron chi connectivity index (χ3n) is 1.16. The second-order valence-corrected chi connectivity index (χ2v) is 4.06. The van der Waals surface area contributed by atoms with Crippen molar-refractivity contribution in [2.24, 2.45) is 0 Å². The van der Waals surface area contributed by atoms with Crippen LogP contribution in [-0.4, -0.2) is 10.5 Å². The topological polar surface area (TPSA) is 36.4 Å². The fourth-order valence-corrected chi connectivity index (χ4v) is 1.73. The van der Waals surface area contributed by atoms with Crippen LogP contribution in [0.5, 0.6) is 0 Å². The van der Waals surface area contributed by atoms with Crippen LogP contribution in [0.2, 0.25) is 0 Å². The van der Waals surface area contributed by atoms with Crippen LogP contribution in [0.1, 0.15) is 6.42 Å². The Morgan fingerprint density at radius 1 is 1.50 bits per heavy atom. The maximum absolute atomic E-state index is 8.49. The zero-order chi connectivity index (χ0) is 7.56. The number of nitrogens with zero attached hydrogens (tertiary/aromatic N) is 2. The minimum absolute atomic E-state index is 0.737. The van der Waals surface area contributed by atoms with Gasteiger partial charge in [-0.25, -0.2) is 0 Å². The number of halogens is 2. The van der Waals surface area contributed by atoms with Gasteiger partial charge < -0.3 is 5.53 Å². The molecule has 0 bridgehead atoms. The second kappa shape index (κ2) is 3.64. The first-order valence-electron chi connectivity index (χ1n) is 2.69. The Morgan fingerprint density at radius 2 is 2.20 bits per heavy atom. The molecule has 4 heteroatoms. The maximum atomic E-state index is 8.49. The molecule has 0 saturated carbocycles. The van der Waals surface area contributed by atoms with E-state index >= 15 is 0 Å². The summed E-state index contributed by atoms with van der Waals surface area (Å²) in [4.78, 5) is 3.17. The van der Waals surface area contributed by atoms with E-state index in [0.717, 1.165) is 19.3 Å². The summed E-state index contributed by atoms with van der Waals surface area (Å²) in [6.07, 6.45) is 4.75. The summed E-state index contributed by atoms with van der Waals surface area (Å²) in [5.41, 5.74) is 9.25. The van der Waals surface area contributed by atoms with Gasteiger partial charge in [-0.15, -0.1) is 0 Å². The van der Waals surface area contributed by atoms with Crippen molar-refractivity contribution in [3.05, 3.63) is 24.8 Å². The summed E-state index contributed by atoms with van der Waals surface area (Å²) in [6.45, 7) is 0. The van der Waals surface area contributed by atoms with Gasteiger partial charge in [0.2, 0.25) is 0 Å². The van der Waals surface area contributed by atoms with Crippen LogP contribution in [0, 0.1) is 0 Å². The molecule has 0 fully saturated rings. The molecule has 0 aromatic rings. The van der Waals surface area contributed by atoms with Crippen LogP contribution in [0.4, 0.5) is 0 Å². The molecular weight excluding hydrogens is 354 g/mol. The van der Waals surface area contributed by atoms with Gasteiger partial charge in [0.15, 0.2) is 0 Å². The first-order chi connectivity index (χ1) is 4.75. The van der Waals surface area contributed by atoms with E-state index in [1.807, 2.05) is 12.2 Å². The quantitative estimate of drug-likeness (QED) is 0.363. The normalized spacial score (nSPS) is 17.6. The van der Waals surface area contributed by atoms with E-state index in [1.165, 1.54) is 0 Å². The SMILES string of the molecule is [N-]=[N+]=C1CC=CC(I)=C1I. The molecule has 0 atom stereocenters. The molecule has 52 valence electrons. The van der Waals surface area contributed by atoms with Gasteiger partial charge in [-0.1, -0.05) is 12.2 Å². The van der Waals surface area contributed by atoms with Gasteiger partial charge in [0.05, 0.1) is 6.42 Å². The third-order valence-corrected chi connectivity index (χ3v) is 4.29. The van der Waals surface area contributed by atoms with Crippen LogP contribution >= 0.6 is 45.2 Å². The van der Waals surface area contributed by atoms with Crippen molar-refractivity contribution in [2.75, 3.05) is 0 Å². The summed E-state index contributed by atoms with van der Waals surface area (Å²) in [7, 11) is 0. The van der Waals surface area contributed by atoms with Crippen molar-refractivity contribution in [1.82, 2.24) is 0 Å². The predicted octanol–water partition coefficient (Wildman–Crippen LogP) is 2.70. The molecule has 1 rings (SSSR count). The second-order valence-electron chi connectivity index (χ2n) is 1.82. The molecule has 0 N–H and O–H groups in total. The van der Waals surface area contributed by atoms with E-state index in [0.29, 0.717) is 0 Å². The predicted molar refractivity (Wildman–Crippen MR) is 57.4 cm³/mol. The highest BCUT2D eigenvalue weighted by Crippen LogP contribution is 2.25. The lowest BCUT2D eigenvalue weighted by Crippen LogP contribution is -2.01. The van der Waals surface area contributed by atoms with E-state index in [2.05, 4.69) is 50.0 Å². The number of rotatable bonds is 0. The van der Waals surface area contributed by atoms with Gasteiger partial charge in [-0.2, -0.15) is 4.79 Å². The standard InChI is InChI=1S/C6H4I2N2/c7-4-2-1-3-5(10-9)6(4)8/h1-2H,3H2. The summed E-state index contributed by atoms with van der Waals surface area (Å²) in [5.74, 6) is 0. The van der Waals surface area contributed by atoms with Crippen LogP contribution in [-0.2, 0) is 0 Å². The van der Waals surface area contributed by atoms with Crippen LogP contribution in [0.3, 0.4) is 0 Å². The molecule has 1 aliphatic carbocycles. The molecule has 0 spiro atoms. The molecule has 0 aliphatic heterocycles. The minimum Gasteiger partial charge on any atom is -0.361 e. The number of hydrogen-bond donors (Lipinski definition) is 0. The zero-order valence-corrected chi connectivity index (χ0v) is 9.33. The summed E-state index contributed by atoms with van der Waals surface area (Å²) < 4.78 is 2.18. The van der Waals surface area contributed by atoms with E-state index in [1.54, 1.807) is 0 Å². The van der Waals surface area contributed by atoms with E-state index < -0.39 is 0 Å². The number of hydrogen-bond acceptors (Lipinski definition) is 0. The van der Waals surface area contributed by atoms with Crippen molar-refractivity contribution in [1.29, 1.82) is 0 Å². The molecule has 10 heavy (non-hydrogen) atoms. The molecule has 0 radical (unpaired) electrons. The van der Waals surface area contributed by atoms with Crippen molar-refractivity contribution < 1.29 is 4.79 Å². The molecular formula is C6H4I2N2. The van der Waals surface area contributed by atoms with Crippen LogP contribution < -0.4 is 0 Å². The molecule has 0 unspecified atom stereocenters. The first-order valence-corrected chi connectivity index (χ1v) is 4.84. The third kappa shape index (κ3) is 1.67. The highest BCUT2D eigenvalue weighted by Gasteiger charge is 2.16. The van der Waals surface area contributed by atoms with Gasteiger partial charge in [-0.3, -0.25) is 0 Å². The molecule has 0 amide bonds. The maximum Gasteiger partial charge on any atom is 0.310 e. The van der Waals surface area contributed by atoms with Crippen LogP contribution in [0.15, 0.2) is 19.3 Å². The van der Waals surface area contributed by atoms with Gasteiger partial charge >= 0.3 is 5.71 Å². The van der Waals surface area contributed by atoms with Crippen molar-refractivity contribution in [2.45, 2.75) is 6.42 Å². The lowest BCUT2D eigenvalue weighted by atomic mass is 10.2. The molecule has 2 nitrogen and oxygen atoms in total. The Morgan fingerprint density at radius 3 is 2.70 bits per heavy atom. The average Bonchev–Trinajstić information content (AvgIpc) is 1.95. The Labute approximate surface area is 86.3 Å². The van der Waals surface area contributed by atoms with Crippen molar-refractivity contribution in [3.8, 4) is 0 Å². The fourth-order valence-electron chi connectivity index (χ4n) is 0.659. The van der Waals surface area contributed by atoms with E-state index in [-0.39, 0.29) is 0 Å². The summed E-state index contributed by atoms with van der Waals surface area (Å²) >= 11 is 4.39. The van der Waals surface area contributed by atoms with E-state index in [4.69, 9.17) is 5.53 Å². The smallest absolute Gasteiger partial charge is 0.310 e. The Kier molecular flexibility index (Phi) is 3.06. The van der Waals surface area contributed by atoms with Crippen molar-refractivity contribution >= 4 is 50.9 Å². The van der Waals surface area contributed by atoms with Gasteiger partial charge in [0.1, 0.15) is 3.58 Å². The molecule has 0 aromatic carbocycles. The molecule has 0 heterocycles. The largest absolute Gasteiger partial charge is 0.361 e. The highest BCUT2D eigenvalue weighted by atomic mass is 127. The monoisotopic (exact) mass is 358 g/mol. The highest BCUT2D eigenvalue weighted by molar-refractivity contribution is 14.1. The fraction of sp³-hybridized carbons (Fsp3) is 0.167. The average molecular weight is 358 g/mol. The van der Waals surface area contributed by atoms with Crippen LogP contribution in [0.25, 0.3) is 5.53 Å². The Balaban J connectivity index is 3.10. The first kappa shape index (κ1) is 8.42. The van der Waals surface area contributed by atoms with Gasteiger partial charge in [0.25, 0.3) is 0 Å². The lowest BCUT2D eigenvalue weighted by Gasteiger charge is -1.98. The molecule has 0 aromatic heterocycles. The van der Waals surface area contributed by atoms with E-state index in [9.17, 15) is 0 Å². The molecule has 0 saturated heterocycles. The van der Waals surface area contributed by atoms with Gasteiger partial charge in [0, 0.05) is 3.58 Å². The lowest BCUT2D eigenvalue weighted by molar-refractivity contribution is -0.00555. The minimum atomic E-state index is 0.737. The van der Waals surface area contributed by atoms with Crippen molar-refractivity contribution in [3.63, 3.8) is 0 Å². The Hall–Kier alpha value is 0.320. The number of allylic oxidation sites excluding steroid dienone is 4.